The topological polar surface area (TPSA) is 54.0 Å². The maximum atomic E-state index is 11.9. The monoisotopic (exact) mass is 398 g/mol. The van der Waals surface area contributed by atoms with Gasteiger partial charge in [-0.3, -0.25) is 0 Å². The summed E-state index contributed by atoms with van der Waals surface area (Å²) in [7, 11) is 1.55. The second kappa shape index (κ2) is 9.93. The summed E-state index contributed by atoms with van der Waals surface area (Å²) in [5.74, 6) is -0.413. The number of ether oxygens (including phenoxy) is 4. The van der Waals surface area contributed by atoms with Crippen LogP contribution in [0, 0.1) is 0 Å². The molecule has 1 saturated heterocycles. The number of hydrogen-bond donors (Lipinski definition) is 0. The summed E-state index contributed by atoms with van der Waals surface area (Å²) in [5, 5.41) is 0.671. The first-order valence-electron chi connectivity index (χ1n) is 7.95. The van der Waals surface area contributed by atoms with Crippen molar-refractivity contribution in [3.8, 4) is 0 Å². The van der Waals surface area contributed by atoms with Crippen LogP contribution in [-0.2, 0) is 30.3 Å². The molecule has 132 valence electrons. The molecule has 3 atom stereocenters. The van der Waals surface area contributed by atoms with Crippen LogP contribution < -0.4 is 0 Å². The summed E-state index contributed by atoms with van der Waals surface area (Å²) in [6.45, 7) is 2.55. The van der Waals surface area contributed by atoms with E-state index in [1.54, 1.807) is 14.0 Å². The molecule has 0 N–H and O–H groups in total. The van der Waals surface area contributed by atoms with Gasteiger partial charge < -0.3 is 18.9 Å². The van der Waals surface area contributed by atoms with Gasteiger partial charge in [0.2, 0.25) is 0 Å². The van der Waals surface area contributed by atoms with E-state index in [1.807, 2.05) is 30.3 Å². The van der Waals surface area contributed by atoms with Gasteiger partial charge in [0.05, 0.1) is 25.4 Å². The van der Waals surface area contributed by atoms with Crippen molar-refractivity contribution in [3.63, 3.8) is 0 Å². The van der Waals surface area contributed by atoms with Gasteiger partial charge in [-0.25, -0.2) is 4.79 Å². The van der Waals surface area contributed by atoms with E-state index in [0.717, 1.165) is 5.56 Å². The summed E-state index contributed by atoms with van der Waals surface area (Å²) in [6, 6.07) is 9.91. The molecular weight excluding hydrogens is 376 g/mol. The van der Waals surface area contributed by atoms with Gasteiger partial charge in [0.1, 0.15) is 0 Å². The van der Waals surface area contributed by atoms with Gasteiger partial charge >= 0.3 is 5.97 Å². The SMILES string of the molecule is CCOC(=O)C=C1[C@@H](OC)O[C@H](CBr)C[C@H]1OCc1ccccc1. The highest BCUT2D eigenvalue weighted by Gasteiger charge is 2.35. The molecule has 24 heavy (non-hydrogen) atoms. The Balaban J connectivity index is 2.15. The normalized spacial score (nSPS) is 25.6. The Hall–Kier alpha value is -1.21. The number of methoxy groups -OCH3 is 1. The lowest BCUT2D eigenvalue weighted by molar-refractivity contribution is -0.170. The standard InChI is InChI=1S/C18H23BrO5/c1-3-22-17(20)10-15-16(9-14(11-19)24-18(15)21-2)23-12-13-7-5-4-6-8-13/h4-8,10,14,16,18H,3,9,11-12H2,1-2H3/t14-,16+,18-/m0/s1. The van der Waals surface area contributed by atoms with Crippen molar-refractivity contribution in [2.75, 3.05) is 19.0 Å². The lowest BCUT2D eigenvalue weighted by atomic mass is 9.99. The Kier molecular flexibility index (Phi) is 7.91. The van der Waals surface area contributed by atoms with E-state index < -0.39 is 12.3 Å². The van der Waals surface area contributed by atoms with Crippen molar-refractivity contribution in [3.05, 3.63) is 47.5 Å². The highest BCUT2D eigenvalue weighted by Crippen LogP contribution is 2.29. The Morgan fingerprint density at radius 1 is 1.38 bits per heavy atom. The van der Waals surface area contributed by atoms with E-state index in [2.05, 4.69) is 15.9 Å². The number of hydrogen-bond acceptors (Lipinski definition) is 5. The second-order valence-corrected chi connectivity index (χ2v) is 6.04. The van der Waals surface area contributed by atoms with Crippen molar-refractivity contribution in [1.29, 1.82) is 0 Å². The summed E-state index contributed by atoms with van der Waals surface area (Å²) in [6.07, 6.45) is 1.14. The predicted molar refractivity (Wildman–Crippen MR) is 93.8 cm³/mol. The van der Waals surface area contributed by atoms with Crippen LogP contribution in [0.2, 0.25) is 0 Å². The molecular formula is C18H23BrO5. The van der Waals surface area contributed by atoms with E-state index in [1.165, 1.54) is 6.08 Å². The molecule has 1 aromatic rings. The van der Waals surface area contributed by atoms with Gasteiger partial charge in [-0.2, -0.15) is 0 Å². The number of alkyl halides is 1. The number of halogens is 1. The van der Waals surface area contributed by atoms with E-state index in [4.69, 9.17) is 18.9 Å². The van der Waals surface area contributed by atoms with Crippen molar-refractivity contribution in [1.82, 2.24) is 0 Å². The molecule has 0 aliphatic carbocycles. The highest BCUT2D eigenvalue weighted by molar-refractivity contribution is 9.09. The molecule has 1 aromatic carbocycles. The number of carbonyl (C=O) groups excluding carboxylic acids is 1. The Labute approximate surface area is 151 Å². The zero-order valence-electron chi connectivity index (χ0n) is 13.9. The zero-order valence-corrected chi connectivity index (χ0v) is 15.5. The summed E-state index contributed by atoms with van der Waals surface area (Å²) < 4.78 is 22.3. The first kappa shape index (κ1) is 19.1. The lowest BCUT2D eigenvalue weighted by Gasteiger charge is -2.36. The van der Waals surface area contributed by atoms with Crippen molar-refractivity contribution in [2.45, 2.75) is 38.4 Å². The maximum Gasteiger partial charge on any atom is 0.330 e. The molecule has 1 heterocycles. The Morgan fingerprint density at radius 2 is 2.12 bits per heavy atom. The first-order valence-corrected chi connectivity index (χ1v) is 9.08. The van der Waals surface area contributed by atoms with Crippen LogP contribution >= 0.6 is 15.9 Å². The molecule has 0 aromatic heterocycles. The lowest BCUT2D eigenvalue weighted by Crippen LogP contribution is -2.41. The van der Waals surface area contributed by atoms with E-state index in [-0.39, 0.29) is 12.2 Å². The third-order valence-corrected chi connectivity index (χ3v) is 4.41. The molecule has 1 fully saturated rings. The molecule has 0 bridgehead atoms. The zero-order chi connectivity index (χ0) is 17.4. The molecule has 0 amide bonds. The minimum atomic E-state index is -0.619. The number of benzene rings is 1. The number of rotatable bonds is 7. The molecule has 1 aliphatic heterocycles. The molecule has 0 spiro atoms. The maximum absolute atomic E-state index is 11.9. The fourth-order valence-electron chi connectivity index (χ4n) is 2.54. The predicted octanol–water partition coefficient (Wildman–Crippen LogP) is 3.22. The van der Waals surface area contributed by atoms with Crippen LogP contribution in [0.3, 0.4) is 0 Å². The third kappa shape index (κ3) is 5.41. The quantitative estimate of drug-likeness (QED) is 0.401. The summed E-state index contributed by atoms with van der Waals surface area (Å²) in [5.41, 5.74) is 1.73. The number of carbonyl (C=O) groups is 1. The Bertz CT molecular complexity index is 546. The fourth-order valence-corrected chi connectivity index (χ4v) is 2.96. The average Bonchev–Trinajstić information content (AvgIpc) is 2.61. The molecule has 6 heteroatoms. The molecule has 0 unspecified atom stereocenters. The fraction of sp³-hybridized carbons (Fsp3) is 0.500. The first-order chi connectivity index (χ1) is 11.7. The van der Waals surface area contributed by atoms with Crippen molar-refractivity contribution >= 4 is 21.9 Å². The van der Waals surface area contributed by atoms with Crippen molar-refractivity contribution in [2.24, 2.45) is 0 Å². The Morgan fingerprint density at radius 3 is 2.75 bits per heavy atom. The van der Waals surface area contributed by atoms with Crippen LogP contribution in [0.25, 0.3) is 0 Å². The smallest absolute Gasteiger partial charge is 0.330 e. The van der Waals surface area contributed by atoms with Gasteiger partial charge in [0, 0.05) is 30.5 Å². The average molecular weight is 399 g/mol. The van der Waals surface area contributed by atoms with Gasteiger partial charge in [-0.05, 0) is 12.5 Å². The summed E-state index contributed by atoms with van der Waals surface area (Å²) >= 11 is 3.44. The van der Waals surface area contributed by atoms with Crippen molar-refractivity contribution < 1.29 is 23.7 Å². The van der Waals surface area contributed by atoms with Crippen LogP contribution in [0.15, 0.2) is 42.0 Å². The van der Waals surface area contributed by atoms with E-state index in [9.17, 15) is 4.79 Å². The molecule has 2 rings (SSSR count). The molecule has 1 aliphatic rings. The number of esters is 1. The van der Waals surface area contributed by atoms with Crippen LogP contribution in [0.5, 0.6) is 0 Å². The third-order valence-electron chi connectivity index (χ3n) is 3.69. The highest BCUT2D eigenvalue weighted by atomic mass is 79.9. The van der Waals surface area contributed by atoms with Crippen LogP contribution in [-0.4, -0.2) is 43.5 Å². The minimum Gasteiger partial charge on any atom is -0.463 e. The van der Waals surface area contributed by atoms with Gasteiger partial charge in [0.15, 0.2) is 6.29 Å². The van der Waals surface area contributed by atoms with Crippen LogP contribution in [0.4, 0.5) is 0 Å². The second-order valence-electron chi connectivity index (χ2n) is 5.40. The van der Waals surface area contributed by atoms with Crippen LogP contribution in [0.1, 0.15) is 18.9 Å². The summed E-state index contributed by atoms with van der Waals surface area (Å²) in [4.78, 5) is 11.9. The van der Waals surface area contributed by atoms with Gasteiger partial charge in [0.25, 0.3) is 0 Å². The van der Waals surface area contributed by atoms with E-state index >= 15 is 0 Å². The molecule has 5 nitrogen and oxygen atoms in total. The molecule has 0 saturated carbocycles. The largest absolute Gasteiger partial charge is 0.463 e. The minimum absolute atomic E-state index is 0.0462. The van der Waals surface area contributed by atoms with Gasteiger partial charge in [-0.1, -0.05) is 46.3 Å². The van der Waals surface area contributed by atoms with Gasteiger partial charge in [-0.15, -0.1) is 0 Å². The molecule has 0 radical (unpaired) electrons. The van der Waals surface area contributed by atoms with E-state index in [0.29, 0.717) is 30.5 Å².